The molecular formula is C14H21N3O4S. The van der Waals surface area contributed by atoms with E-state index in [1.54, 1.807) is 12.1 Å². The second kappa shape index (κ2) is 6.78. The van der Waals surface area contributed by atoms with Crippen molar-refractivity contribution in [1.82, 2.24) is 10.6 Å². The molecule has 0 unspecified atom stereocenters. The summed E-state index contributed by atoms with van der Waals surface area (Å²) in [6.45, 7) is 5.30. The lowest BCUT2D eigenvalue weighted by Crippen LogP contribution is -2.45. The number of nitrogens with one attached hydrogen (secondary N) is 3. The van der Waals surface area contributed by atoms with Gasteiger partial charge >= 0.3 is 0 Å². The summed E-state index contributed by atoms with van der Waals surface area (Å²) in [6, 6.07) is 6.17. The Morgan fingerprint density at radius 2 is 1.73 bits per heavy atom. The third kappa shape index (κ3) is 6.57. The molecule has 0 radical (unpaired) electrons. The Morgan fingerprint density at radius 1 is 1.14 bits per heavy atom. The minimum absolute atomic E-state index is 0.150. The van der Waals surface area contributed by atoms with Gasteiger partial charge < -0.3 is 10.6 Å². The smallest absolute Gasteiger partial charge is 0.253 e. The summed E-state index contributed by atoms with van der Waals surface area (Å²) >= 11 is 0. The van der Waals surface area contributed by atoms with Crippen molar-refractivity contribution in [2.45, 2.75) is 26.3 Å². The molecule has 2 amide bonds. The van der Waals surface area contributed by atoms with E-state index in [9.17, 15) is 18.0 Å². The molecular weight excluding hydrogens is 306 g/mol. The van der Waals surface area contributed by atoms with Gasteiger partial charge in [-0.2, -0.15) is 0 Å². The van der Waals surface area contributed by atoms with Crippen LogP contribution in [0.1, 0.15) is 31.1 Å². The maximum Gasteiger partial charge on any atom is 0.253 e. The van der Waals surface area contributed by atoms with Gasteiger partial charge in [0.15, 0.2) is 0 Å². The first-order chi connectivity index (χ1) is 9.98. The lowest BCUT2D eigenvalue weighted by atomic mass is 10.1. The molecule has 22 heavy (non-hydrogen) atoms. The van der Waals surface area contributed by atoms with E-state index in [2.05, 4.69) is 15.4 Å². The number of carbonyl (C=O) groups is 2. The minimum Gasteiger partial charge on any atom is -0.350 e. The summed E-state index contributed by atoms with van der Waals surface area (Å²) in [6.07, 6.45) is 0.998. The van der Waals surface area contributed by atoms with E-state index in [0.29, 0.717) is 0 Å². The third-order valence-corrected chi connectivity index (χ3v) is 2.98. The first-order valence-corrected chi connectivity index (χ1v) is 8.53. The van der Waals surface area contributed by atoms with Gasteiger partial charge in [-0.1, -0.05) is 12.1 Å². The normalized spacial score (nSPS) is 11.6. The van der Waals surface area contributed by atoms with Crippen LogP contribution in [0.3, 0.4) is 0 Å². The highest BCUT2D eigenvalue weighted by Gasteiger charge is 2.17. The highest BCUT2D eigenvalue weighted by molar-refractivity contribution is 7.92. The average molecular weight is 327 g/mol. The molecule has 0 aliphatic carbocycles. The largest absolute Gasteiger partial charge is 0.350 e. The number of hydrogen-bond acceptors (Lipinski definition) is 4. The first-order valence-electron chi connectivity index (χ1n) is 6.64. The topological polar surface area (TPSA) is 104 Å². The number of amides is 2. The van der Waals surface area contributed by atoms with Crippen LogP contribution < -0.4 is 15.4 Å². The van der Waals surface area contributed by atoms with Crippen molar-refractivity contribution >= 4 is 27.5 Å². The lowest BCUT2D eigenvalue weighted by molar-refractivity contribution is -0.121. The number of hydrogen-bond donors (Lipinski definition) is 3. The fourth-order valence-corrected chi connectivity index (χ4v) is 2.27. The van der Waals surface area contributed by atoms with Crippen molar-refractivity contribution in [2.75, 3.05) is 17.5 Å². The van der Waals surface area contributed by atoms with Crippen LogP contribution >= 0.6 is 0 Å². The van der Waals surface area contributed by atoms with Crippen LogP contribution in [0, 0.1) is 0 Å². The predicted octanol–water partition coefficient (Wildman–Crippen LogP) is 0.703. The third-order valence-electron chi connectivity index (χ3n) is 2.39. The Bertz CT molecular complexity index is 663. The van der Waals surface area contributed by atoms with Gasteiger partial charge in [-0.15, -0.1) is 0 Å². The SMILES string of the molecule is CC(C)(C)NC(=O)CNC(=O)c1ccccc1NS(C)(=O)=O. The Labute approximate surface area is 130 Å². The van der Waals surface area contributed by atoms with E-state index < -0.39 is 21.5 Å². The zero-order valence-corrected chi connectivity index (χ0v) is 13.9. The average Bonchev–Trinajstić information content (AvgIpc) is 2.32. The Morgan fingerprint density at radius 3 is 2.27 bits per heavy atom. The molecule has 0 saturated carbocycles. The highest BCUT2D eigenvalue weighted by atomic mass is 32.2. The zero-order valence-electron chi connectivity index (χ0n) is 13.1. The van der Waals surface area contributed by atoms with Gasteiger partial charge in [0.2, 0.25) is 15.9 Å². The summed E-state index contributed by atoms with van der Waals surface area (Å²) in [5.74, 6) is -0.856. The van der Waals surface area contributed by atoms with E-state index in [1.807, 2.05) is 20.8 Å². The monoisotopic (exact) mass is 327 g/mol. The van der Waals surface area contributed by atoms with Gasteiger partial charge in [-0.25, -0.2) is 8.42 Å². The molecule has 122 valence electrons. The molecule has 0 fully saturated rings. The molecule has 3 N–H and O–H groups in total. The van der Waals surface area contributed by atoms with Crippen molar-refractivity contribution in [3.63, 3.8) is 0 Å². The molecule has 0 aliphatic heterocycles. The quantitative estimate of drug-likeness (QED) is 0.740. The number of anilines is 1. The van der Waals surface area contributed by atoms with Crippen molar-refractivity contribution in [3.05, 3.63) is 29.8 Å². The molecule has 0 atom stereocenters. The van der Waals surface area contributed by atoms with Crippen LogP contribution in [-0.2, 0) is 14.8 Å². The van der Waals surface area contributed by atoms with Gasteiger partial charge in [-0.3, -0.25) is 14.3 Å². The predicted molar refractivity (Wildman–Crippen MR) is 85.1 cm³/mol. The van der Waals surface area contributed by atoms with Gasteiger partial charge in [0.25, 0.3) is 5.91 Å². The second-order valence-electron chi connectivity index (χ2n) is 5.90. The Hall–Kier alpha value is -2.09. The van der Waals surface area contributed by atoms with E-state index in [0.717, 1.165) is 6.26 Å². The van der Waals surface area contributed by atoms with Gasteiger partial charge in [-0.05, 0) is 32.9 Å². The maximum atomic E-state index is 12.1. The molecule has 1 aromatic rings. The highest BCUT2D eigenvalue weighted by Crippen LogP contribution is 2.15. The van der Waals surface area contributed by atoms with Gasteiger partial charge in [0, 0.05) is 5.54 Å². The van der Waals surface area contributed by atoms with Crippen LogP contribution in [0.4, 0.5) is 5.69 Å². The van der Waals surface area contributed by atoms with Crippen molar-refractivity contribution in [3.8, 4) is 0 Å². The first kappa shape index (κ1) is 18.0. The molecule has 0 spiro atoms. The zero-order chi connectivity index (χ0) is 17.0. The maximum absolute atomic E-state index is 12.1. The van der Waals surface area contributed by atoms with Crippen LogP contribution in [0.2, 0.25) is 0 Å². The lowest BCUT2D eigenvalue weighted by Gasteiger charge is -2.20. The van der Waals surface area contributed by atoms with E-state index in [-0.39, 0.29) is 23.7 Å². The fraction of sp³-hybridized carbons (Fsp3) is 0.429. The molecule has 7 nitrogen and oxygen atoms in total. The van der Waals surface area contributed by atoms with Crippen molar-refractivity contribution in [1.29, 1.82) is 0 Å². The molecule has 1 rings (SSSR count). The molecule has 8 heteroatoms. The molecule has 0 heterocycles. The van der Waals surface area contributed by atoms with Crippen LogP contribution in [0.5, 0.6) is 0 Å². The molecule has 0 bridgehead atoms. The molecule has 0 aliphatic rings. The summed E-state index contributed by atoms with van der Waals surface area (Å²) in [5.41, 5.74) is -0.0763. The molecule has 1 aromatic carbocycles. The van der Waals surface area contributed by atoms with Crippen LogP contribution in [0.25, 0.3) is 0 Å². The Kier molecular flexibility index (Phi) is 5.54. The molecule has 0 aromatic heterocycles. The van der Waals surface area contributed by atoms with Gasteiger partial charge in [0.05, 0.1) is 24.1 Å². The summed E-state index contributed by atoms with van der Waals surface area (Å²) in [4.78, 5) is 23.8. The van der Waals surface area contributed by atoms with Crippen molar-refractivity contribution in [2.24, 2.45) is 0 Å². The fourth-order valence-electron chi connectivity index (χ4n) is 1.69. The molecule has 0 saturated heterocycles. The number of carbonyl (C=O) groups excluding carboxylic acids is 2. The van der Waals surface area contributed by atoms with E-state index >= 15 is 0 Å². The van der Waals surface area contributed by atoms with E-state index in [4.69, 9.17) is 0 Å². The number of benzene rings is 1. The minimum atomic E-state index is -3.50. The Balaban J connectivity index is 2.76. The second-order valence-corrected chi connectivity index (χ2v) is 7.65. The summed E-state index contributed by atoms with van der Waals surface area (Å²) in [5, 5.41) is 5.18. The number of rotatable bonds is 5. The number of para-hydroxylation sites is 1. The standard InChI is InChI=1S/C14H21N3O4S/c1-14(2,3)16-12(18)9-15-13(19)10-7-5-6-8-11(10)17-22(4,20)21/h5-8,17H,9H2,1-4H3,(H,15,19)(H,16,18). The van der Waals surface area contributed by atoms with Crippen LogP contribution in [0.15, 0.2) is 24.3 Å². The number of sulfonamides is 1. The van der Waals surface area contributed by atoms with E-state index in [1.165, 1.54) is 12.1 Å². The summed E-state index contributed by atoms with van der Waals surface area (Å²) in [7, 11) is -3.50. The van der Waals surface area contributed by atoms with Crippen molar-refractivity contribution < 1.29 is 18.0 Å². The summed E-state index contributed by atoms with van der Waals surface area (Å²) < 4.78 is 24.9. The van der Waals surface area contributed by atoms with Gasteiger partial charge in [0.1, 0.15) is 0 Å². The van der Waals surface area contributed by atoms with Crippen LogP contribution in [-0.4, -0.2) is 38.6 Å².